The van der Waals surface area contributed by atoms with Gasteiger partial charge in [0.15, 0.2) is 0 Å². The molecule has 6 atom stereocenters. The van der Waals surface area contributed by atoms with Crippen molar-refractivity contribution in [1.82, 2.24) is 26.2 Å². The number of carbonyl (C=O) groups is 7. The quantitative estimate of drug-likeness (QED) is 0.121. The molecule has 1 aliphatic rings. The number of amides is 6. The van der Waals surface area contributed by atoms with E-state index in [0.29, 0.717) is 17.5 Å². The van der Waals surface area contributed by atoms with Gasteiger partial charge in [0, 0.05) is 32.2 Å². The molecule has 0 radical (unpaired) electrons. The van der Waals surface area contributed by atoms with Crippen LogP contribution in [-0.2, 0) is 51.1 Å². The first-order chi connectivity index (χ1) is 27.4. The molecule has 14 heteroatoms. The number of ether oxygens (including phenoxy) is 1. The summed E-state index contributed by atoms with van der Waals surface area (Å²) in [5, 5.41) is 10.9. The molecule has 0 spiro atoms. The van der Waals surface area contributed by atoms with Crippen molar-refractivity contribution in [2.45, 2.75) is 109 Å². The van der Waals surface area contributed by atoms with Crippen LogP contribution in [0.4, 0.5) is 0 Å². The molecule has 3 aromatic carbocycles. The van der Waals surface area contributed by atoms with Crippen LogP contribution in [0.5, 0.6) is 0 Å². The van der Waals surface area contributed by atoms with E-state index in [1.807, 2.05) is 50.2 Å². The predicted octanol–water partition coefficient (Wildman–Crippen LogP) is 2.69. The zero-order chi connectivity index (χ0) is 42.6. The van der Waals surface area contributed by atoms with Gasteiger partial charge in [0.2, 0.25) is 35.4 Å². The van der Waals surface area contributed by atoms with E-state index in [1.165, 1.54) is 11.8 Å². The Bertz CT molecular complexity index is 1900. The van der Waals surface area contributed by atoms with Crippen molar-refractivity contribution in [1.29, 1.82) is 0 Å². The third kappa shape index (κ3) is 13.3. The standard InChI is InChI=1S/C44H56N6O8/c1-27(2)22-36(46-28(3)51)43(57)50-26-32(31-20-14-9-15-21-31)38(50)42(56)49-35(24-30-18-12-8-13-19-30)41(55)48-34(23-29-16-10-7-11-17-29)40(54)47-33(39(45)53)25-37(52)58-44(4,5)6/h7-21,27,32-36,38H,22-26H2,1-6H3,(H2,45,53)(H,46,51)(H,47,54)(H,48,55)(H,49,56)/t32-,33-,34-,35-,36-,38+/m0/s1. The number of likely N-dealkylation sites (tertiary alicyclic amines) is 1. The molecule has 4 rings (SSSR count). The highest BCUT2D eigenvalue weighted by Gasteiger charge is 2.49. The normalized spacial score (nSPS) is 17.1. The van der Waals surface area contributed by atoms with Crippen molar-refractivity contribution in [2.75, 3.05) is 6.54 Å². The van der Waals surface area contributed by atoms with Crippen LogP contribution in [0.3, 0.4) is 0 Å². The van der Waals surface area contributed by atoms with Crippen molar-refractivity contribution >= 4 is 41.4 Å². The molecular weight excluding hydrogens is 741 g/mol. The fourth-order valence-electron chi connectivity index (χ4n) is 6.87. The molecule has 6 N–H and O–H groups in total. The number of esters is 1. The summed E-state index contributed by atoms with van der Waals surface area (Å²) >= 11 is 0. The first-order valence-electron chi connectivity index (χ1n) is 19.5. The molecule has 1 saturated heterocycles. The maximum absolute atomic E-state index is 14.5. The Morgan fingerprint density at radius 2 is 1.19 bits per heavy atom. The molecule has 6 amide bonds. The lowest BCUT2D eigenvalue weighted by atomic mass is 9.80. The minimum absolute atomic E-state index is 0.0102. The number of hydrogen-bond acceptors (Lipinski definition) is 8. The number of benzene rings is 3. The largest absolute Gasteiger partial charge is 0.460 e. The number of primary amides is 1. The van der Waals surface area contributed by atoms with Gasteiger partial charge >= 0.3 is 5.97 Å². The van der Waals surface area contributed by atoms with E-state index in [9.17, 15) is 33.6 Å². The van der Waals surface area contributed by atoms with Gasteiger partial charge < -0.3 is 36.6 Å². The number of nitrogens with zero attached hydrogens (tertiary/aromatic N) is 1. The molecule has 0 saturated carbocycles. The summed E-state index contributed by atoms with van der Waals surface area (Å²) < 4.78 is 5.33. The van der Waals surface area contributed by atoms with Gasteiger partial charge in [-0.2, -0.15) is 0 Å². The van der Waals surface area contributed by atoms with Crippen LogP contribution in [0.1, 0.15) is 77.0 Å². The number of carbonyl (C=O) groups excluding carboxylic acids is 7. The predicted molar refractivity (Wildman–Crippen MR) is 217 cm³/mol. The van der Waals surface area contributed by atoms with E-state index in [1.54, 1.807) is 75.4 Å². The van der Waals surface area contributed by atoms with Crippen LogP contribution >= 0.6 is 0 Å². The smallest absolute Gasteiger partial charge is 0.308 e. The lowest BCUT2D eigenvalue weighted by Crippen LogP contribution is -2.68. The van der Waals surface area contributed by atoms with E-state index >= 15 is 0 Å². The lowest BCUT2D eigenvalue weighted by Gasteiger charge is -2.48. The number of hydrogen-bond donors (Lipinski definition) is 5. The van der Waals surface area contributed by atoms with E-state index in [4.69, 9.17) is 10.5 Å². The van der Waals surface area contributed by atoms with Crippen molar-refractivity contribution in [3.05, 3.63) is 108 Å². The first kappa shape index (κ1) is 44.7. The highest BCUT2D eigenvalue weighted by atomic mass is 16.6. The number of nitrogens with two attached hydrogens (primary N) is 1. The highest BCUT2D eigenvalue weighted by molar-refractivity contribution is 5.98. The van der Waals surface area contributed by atoms with Gasteiger partial charge in [-0.3, -0.25) is 33.6 Å². The molecule has 1 heterocycles. The third-order valence-corrected chi connectivity index (χ3v) is 9.55. The molecule has 3 aromatic rings. The molecule has 0 bridgehead atoms. The summed E-state index contributed by atoms with van der Waals surface area (Å²) in [6, 6.07) is 21.3. The third-order valence-electron chi connectivity index (χ3n) is 9.55. The van der Waals surface area contributed by atoms with Crippen LogP contribution in [0.2, 0.25) is 0 Å². The Morgan fingerprint density at radius 1 is 0.707 bits per heavy atom. The van der Waals surface area contributed by atoms with Crippen molar-refractivity contribution in [2.24, 2.45) is 11.7 Å². The zero-order valence-corrected chi connectivity index (χ0v) is 34.0. The number of rotatable bonds is 18. The second-order valence-corrected chi connectivity index (χ2v) is 16.1. The average Bonchev–Trinajstić information content (AvgIpc) is 3.13. The van der Waals surface area contributed by atoms with Crippen LogP contribution < -0.4 is 27.0 Å². The summed E-state index contributed by atoms with van der Waals surface area (Å²) in [4.78, 5) is 95.4. The van der Waals surface area contributed by atoms with Crippen LogP contribution in [0.25, 0.3) is 0 Å². The summed E-state index contributed by atoms with van der Waals surface area (Å²) in [5.74, 6) is -4.94. The van der Waals surface area contributed by atoms with Gasteiger partial charge in [-0.1, -0.05) is 105 Å². The fourth-order valence-corrected chi connectivity index (χ4v) is 6.87. The van der Waals surface area contributed by atoms with Gasteiger partial charge in [-0.15, -0.1) is 0 Å². The summed E-state index contributed by atoms with van der Waals surface area (Å²) in [6.45, 7) is 10.4. The van der Waals surface area contributed by atoms with Crippen molar-refractivity contribution in [3.63, 3.8) is 0 Å². The van der Waals surface area contributed by atoms with E-state index < -0.39 is 83.7 Å². The zero-order valence-electron chi connectivity index (χ0n) is 34.0. The fraction of sp³-hybridized carbons (Fsp3) is 0.432. The Hall–Kier alpha value is -6.05. The first-order valence-corrected chi connectivity index (χ1v) is 19.5. The molecule has 310 valence electrons. The van der Waals surface area contributed by atoms with Crippen molar-refractivity contribution in [3.8, 4) is 0 Å². The van der Waals surface area contributed by atoms with Crippen LogP contribution in [-0.4, -0.2) is 88.7 Å². The average molecular weight is 797 g/mol. The Balaban J connectivity index is 1.65. The molecule has 1 fully saturated rings. The Kier molecular flexibility index (Phi) is 15.7. The van der Waals surface area contributed by atoms with Gasteiger partial charge in [-0.05, 0) is 49.8 Å². The van der Waals surface area contributed by atoms with Crippen LogP contribution in [0.15, 0.2) is 91.0 Å². The lowest BCUT2D eigenvalue weighted by molar-refractivity contribution is -0.156. The van der Waals surface area contributed by atoms with E-state index in [0.717, 1.165) is 5.56 Å². The van der Waals surface area contributed by atoms with Gasteiger partial charge in [-0.25, -0.2) is 0 Å². The van der Waals surface area contributed by atoms with Gasteiger partial charge in [0.1, 0.15) is 35.8 Å². The highest BCUT2D eigenvalue weighted by Crippen LogP contribution is 2.35. The monoisotopic (exact) mass is 796 g/mol. The molecule has 0 aliphatic carbocycles. The second kappa shape index (κ2) is 20.4. The SMILES string of the molecule is CC(=O)N[C@@H](CC(C)C)C(=O)N1C[C@@H](c2ccccc2)[C@@H]1C(=O)N[C@@H](Cc1ccccc1)C(=O)N[C@@H](Cc1ccccc1)C(=O)N[C@@H](CC(=O)OC(C)(C)C)C(N)=O. The summed E-state index contributed by atoms with van der Waals surface area (Å²) in [6.07, 6.45) is -0.156. The maximum atomic E-state index is 14.5. The van der Waals surface area contributed by atoms with E-state index in [-0.39, 0.29) is 31.2 Å². The minimum Gasteiger partial charge on any atom is -0.460 e. The molecule has 58 heavy (non-hydrogen) atoms. The topological polar surface area (TPSA) is 206 Å². The van der Waals surface area contributed by atoms with Crippen LogP contribution in [0, 0.1) is 5.92 Å². The number of nitrogens with one attached hydrogen (secondary N) is 4. The van der Waals surface area contributed by atoms with E-state index in [2.05, 4.69) is 21.3 Å². The van der Waals surface area contributed by atoms with Crippen molar-refractivity contribution < 1.29 is 38.3 Å². The Morgan fingerprint density at radius 3 is 1.66 bits per heavy atom. The molecule has 14 nitrogen and oxygen atoms in total. The molecule has 1 aliphatic heterocycles. The summed E-state index contributed by atoms with van der Waals surface area (Å²) in [7, 11) is 0. The molecule has 0 aromatic heterocycles. The summed E-state index contributed by atoms with van der Waals surface area (Å²) in [5.41, 5.74) is 6.96. The second-order valence-electron chi connectivity index (χ2n) is 16.1. The maximum Gasteiger partial charge on any atom is 0.308 e. The molecule has 0 unspecified atom stereocenters. The van der Waals surface area contributed by atoms with Gasteiger partial charge in [0.05, 0.1) is 6.42 Å². The minimum atomic E-state index is -1.44. The van der Waals surface area contributed by atoms with Gasteiger partial charge in [0.25, 0.3) is 0 Å². The Labute approximate surface area is 340 Å². The molecular formula is C44H56N6O8.